The van der Waals surface area contributed by atoms with Gasteiger partial charge in [-0.2, -0.15) is 0 Å². The van der Waals surface area contributed by atoms with Crippen molar-refractivity contribution in [2.45, 2.75) is 80.6 Å². The zero-order chi connectivity index (χ0) is 17.7. The van der Waals surface area contributed by atoms with Crippen molar-refractivity contribution in [2.24, 2.45) is 4.99 Å². The summed E-state index contributed by atoms with van der Waals surface area (Å²) >= 11 is 0. The molecule has 23 heavy (non-hydrogen) atoms. The standard InChI is InChI=1S/C21H38N2/c1-8-13-15-22-18(6)21(20(12-5)14-9-2)19(7)23(16-10-3)17-11-4/h12-13,15H,8-11,14,16-17H2,1-7H3/b15-13+,20-12-,21-19-,22-18+. The number of hydrogen-bond donors (Lipinski definition) is 0. The fourth-order valence-corrected chi connectivity index (χ4v) is 2.89. The molecule has 132 valence electrons. The summed E-state index contributed by atoms with van der Waals surface area (Å²) in [6.45, 7) is 17.7. The Bertz CT molecular complexity index is 433. The Kier molecular flexibility index (Phi) is 12.4. The van der Waals surface area contributed by atoms with E-state index in [4.69, 9.17) is 4.99 Å². The summed E-state index contributed by atoms with van der Waals surface area (Å²) in [5, 5.41) is 0. The van der Waals surface area contributed by atoms with Gasteiger partial charge in [0.1, 0.15) is 0 Å². The molecule has 0 aliphatic carbocycles. The smallest absolute Gasteiger partial charge is 0.0464 e. The van der Waals surface area contributed by atoms with E-state index in [-0.39, 0.29) is 0 Å². The molecule has 2 heteroatoms. The molecule has 0 aromatic carbocycles. The van der Waals surface area contributed by atoms with Gasteiger partial charge >= 0.3 is 0 Å². The minimum Gasteiger partial charge on any atom is -0.375 e. The van der Waals surface area contributed by atoms with E-state index in [1.165, 1.54) is 29.7 Å². The second-order valence-corrected chi connectivity index (χ2v) is 6.02. The third kappa shape index (κ3) is 7.67. The fraction of sp³-hybridized carbons (Fsp3) is 0.667. The van der Waals surface area contributed by atoms with Crippen molar-refractivity contribution in [3.05, 3.63) is 35.2 Å². The van der Waals surface area contributed by atoms with Crippen molar-refractivity contribution < 1.29 is 0 Å². The number of hydrogen-bond acceptors (Lipinski definition) is 2. The van der Waals surface area contributed by atoms with E-state index in [0.29, 0.717) is 0 Å². The Morgan fingerprint density at radius 3 is 2.00 bits per heavy atom. The van der Waals surface area contributed by atoms with Crippen LogP contribution in [0.4, 0.5) is 0 Å². The average Bonchev–Trinajstić information content (AvgIpc) is 2.54. The molecule has 0 fully saturated rings. The third-order valence-electron chi connectivity index (χ3n) is 3.98. The molecule has 0 aromatic rings. The van der Waals surface area contributed by atoms with Gasteiger partial charge in [0.15, 0.2) is 0 Å². The Morgan fingerprint density at radius 1 is 0.957 bits per heavy atom. The number of rotatable bonds is 11. The van der Waals surface area contributed by atoms with E-state index in [2.05, 4.69) is 65.5 Å². The van der Waals surface area contributed by atoms with Gasteiger partial charge in [-0.1, -0.05) is 46.3 Å². The second-order valence-electron chi connectivity index (χ2n) is 6.02. The molecule has 0 aromatic heterocycles. The molecule has 0 bridgehead atoms. The Balaban J connectivity index is 5.92. The molecular weight excluding hydrogens is 280 g/mol. The van der Waals surface area contributed by atoms with Crippen molar-refractivity contribution in [2.75, 3.05) is 13.1 Å². The molecule has 0 spiro atoms. The monoisotopic (exact) mass is 318 g/mol. The summed E-state index contributed by atoms with van der Waals surface area (Å²) in [5.41, 5.74) is 5.28. The third-order valence-corrected chi connectivity index (χ3v) is 3.98. The maximum atomic E-state index is 4.70. The summed E-state index contributed by atoms with van der Waals surface area (Å²) in [7, 11) is 0. The molecule has 0 amide bonds. The molecule has 0 rings (SSSR count). The minimum absolute atomic E-state index is 1.03. The molecule has 0 aliphatic heterocycles. The molecule has 0 atom stereocenters. The lowest BCUT2D eigenvalue weighted by Crippen LogP contribution is -2.26. The molecular formula is C21H38N2. The van der Waals surface area contributed by atoms with Gasteiger partial charge in [-0.25, -0.2) is 0 Å². The van der Waals surface area contributed by atoms with Crippen LogP contribution in [0, 0.1) is 0 Å². The van der Waals surface area contributed by atoms with E-state index in [0.717, 1.165) is 38.1 Å². The number of nitrogens with zero attached hydrogens (tertiary/aromatic N) is 2. The first-order valence-electron chi connectivity index (χ1n) is 9.38. The van der Waals surface area contributed by atoms with E-state index >= 15 is 0 Å². The van der Waals surface area contributed by atoms with E-state index in [1.54, 1.807) is 0 Å². The van der Waals surface area contributed by atoms with Gasteiger partial charge in [0, 0.05) is 36.3 Å². The summed E-state index contributed by atoms with van der Waals surface area (Å²) in [6.07, 6.45) is 12.0. The SMILES string of the molecule is C\C=C(CCC)/C(C(/C)=N/C=C/CC)=C(/C)N(CCC)CCC. The highest BCUT2D eigenvalue weighted by atomic mass is 15.1. The molecule has 0 N–H and O–H groups in total. The zero-order valence-electron chi connectivity index (χ0n) is 16.6. The van der Waals surface area contributed by atoms with Crippen LogP contribution in [0.1, 0.15) is 80.6 Å². The summed E-state index contributed by atoms with van der Waals surface area (Å²) in [5.74, 6) is 0. The van der Waals surface area contributed by atoms with Crippen molar-refractivity contribution in [1.82, 2.24) is 4.90 Å². The highest BCUT2D eigenvalue weighted by molar-refractivity contribution is 6.03. The van der Waals surface area contributed by atoms with Crippen molar-refractivity contribution in [3.8, 4) is 0 Å². The van der Waals surface area contributed by atoms with Crippen LogP contribution in [0.3, 0.4) is 0 Å². The molecule has 0 aliphatic rings. The Hall–Kier alpha value is -1.31. The molecule has 0 unspecified atom stereocenters. The van der Waals surface area contributed by atoms with Gasteiger partial charge in [-0.05, 0) is 52.0 Å². The van der Waals surface area contributed by atoms with Gasteiger partial charge in [-0.3, -0.25) is 4.99 Å². The predicted octanol–water partition coefficient (Wildman–Crippen LogP) is 6.51. The highest BCUT2D eigenvalue weighted by Crippen LogP contribution is 2.24. The lowest BCUT2D eigenvalue weighted by atomic mass is 9.95. The van der Waals surface area contributed by atoms with Crippen LogP contribution in [0.2, 0.25) is 0 Å². The molecule has 0 heterocycles. The van der Waals surface area contributed by atoms with Crippen molar-refractivity contribution >= 4 is 5.71 Å². The number of aliphatic imine (C=N–C) groups is 1. The Morgan fingerprint density at radius 2 is 1.57 bits per heavy atom. The van der Waals surface area contributed by atoms with Crippen LogP contribution in [-0.4, -0.2) is 23.7 Å². The fourth-order valence-electron chi connectivity index (χ4n) is 2.89. The van der Waals surface area contributed by atoms with Crippen LogP contribution in [-0.2, 0) is 0 Å². The van der Waals surface area contributed by atoms with Gasteiger partial charge in [0.05, 0.1) is 0 Å². The van der Waals surface area contributed by atoms with Gasteiger partial charge in [0.25, 0.3) is 0 Å². The van der Waals surface area contributed by atoms with Crippen molar-refractivity contribution in [1.29, 1.82) is 0 Å². The minimum atomic E-state index is 1.03. The topological polar surface area (TPSA) is 15.6 Å². The molecule has 2 nitrogen and oxygen atoms in total. The first kappa shape index (κ1) is 21.7. The van der Waals surface area contributed by atoms with E-state index < -0.39 is 0 Å². The summed E-state index contributed by atoms with van der Waals surface area (Å²) < 4.78 is 0. The molecule has 0 saturated heterocycles. The first-order valence-corrected chi connectivity index (χ1v) is 9.38. The lowest BCUT2D eigenvalue weighted by molar-refractivity contribution is 0.343. The van der Waals surface area contributed by atoms with E-state index in [1.807, 2.05) is 6.20 Å². The van der Waals surface area contributed by atoms with Crippen LogP contribution in [0.25, 0.3) is 0 Å². The maximum Gasteiger partial charge on any atom is 0.0464 e. The van der Waals surface area contributed by atoms with Crippen LogP contribution in [0.15, 0.2) is 40.2 Å². The van der Waals surface area contributed by atoms with Gasteiger partial charge in [-0.15, -0.1) is 0 Å². The summed E-state index contributed by atoms with van der Waals surface area (Å²) in [4.78, 5) is 7.22. The normalized spacial score (nSPS) is 14.4. The largest absolute Gasteiger partial charge is 0.375 e. The molecule has 0 radical (unpaired) electrons. The quantitative estimate of drug-likeness (QED) is 0.313. The van der Waals surface area contributed by atoms with Crippen LogP contribution < -0.4 is 0 Å². The predicted molar refractivity (Wildman–Crippen MR) is 106 cm³/mol. The lowest BCUT2D eigenvalue weighted by Gasteiger charge is -2.28. The Labute approximate surface area is 145 Å². The second kappa shape index (κ2) is 13.2. The van der Waals surface area contributed by atoms with E-state index in [9.17, 15) is 0 Å². The van der Waals surface area contributed by atoms with Gasteiger partial charge < -0.3 is 4.90 Å². The summed E-state index contributed by atoms with van der Waals surface area (Å²) in [6, 6.07) is 0. The van der Waals surface area contributed by atoms with Crippen molar-refractivity contribution in [3.63, 3.8) is 0 Å². The van der Waals surface area contributed by atoms with Gasteiger partial charge in [0.2, 0.25) is 0 Å². The van der Waals surface area contributed by atoms with Crippen LogP contribution >= 0.6 is 0 Å². The maximum absolute atomic E-state index is 4.70. The number of allylic oxidation sites excluding steroid dienone is 5. The van der Waals surface area contributed by atoms with Crippen LogP contribution in [0.5, 0.6) is 0 Å². The average molecular weight is 319 g/mol. The molecule has 0 saturated carbocycles. The highest BCUT2D eigenvalue weighted by Gasteiger charge is 2.15. The zero-order valence-corrected chi connectivity index (χ0v) is 16.6. The first-order chi connectivity index (χ1) is 11.1.